The molecule has 0 bridgehead atoms. The number of aromatic nitrogens is 1. The molecule has 0 saturated carbocycles. The number of pyridine rings is 1. The Kier molecular flexibility index (Phi) is 3.85. The van der Waals surface area contributed by atoms with Gasteiger partial charge in [0.05, 0.1) is 5.69 Å². The largest absolute Gasteiger partial charge is 0.444 e. The van der Waals surface area contributed by atoms with Crippen LogP contribution < -0.4 is 5.32 Å². The van der Waals surface area contributed by atoms with Crippen molar-refractivity contribution in [1.82, 2.24) is 4.98 Å². The summed E-state index contributed by atoms with van der Waals surface area (Å²) < 4.78 is 18.2. The van der Waals surface area contributed by atoms with Crippen molar-refractivity contribution in [2.24, 2.45) is 0 Å². The SMILES string of the molecule is CC(C)(C)OC(=O)Nc1cc(F)nc(Br)c1. The molecular weight excluding hydrogens is 279 g/mol. The van der Waals surface area contributed by atoms with E-state index < -0.39 is 17.6 Å². The van der Waals surface area contributed by atoms with Crippen LogP contribution in [0.2, 0.25) is 0 Å². The summed E-state index contributed by atoms with van der Waals surface area (Å²) in [4.78, 5) is 14.8. The summed E-state index contributed by atoms with van der Waals surface area (Å²) in [5.41, 5.74) is -0.305. The molecule has 0 aliphatic carbocycles. The third-order valence-corrected chi connectivity index (χ3v) is 1.81. The Morgan fingerprint density at radius 2 is 2.12 bits per heavy atom. The summed E-state index contributed by atoms with van der Waals surface area (Å²) >= 11 is 3.02. The molecule has 1 heterocycles. The molecule has 1 N–H and O–H groups in total. The molecule has 0 aliphatic heterocycles. The van der Waals surface area contributed by atoms with Crippen LogP contribution in [0.1, 0.15) is 20.8 Å². The molecule has 0 spiro atoms. The summed E-state index contributed by atoms with van der Waals surface area (Å²) in [6.07, 6.45) is -0.634. The number of carbonyl (C=O) groups is 1. The van der Waals surface area contributed by atoms with Gasteiger partial charge in [-0.05, 0) is 42.8 Å². The molecule has 0 aromatic carbocycles. The van der Waals surface area contributed by atoms with Crippen LogP contribution in [0.5, 0.6) is 0 Å². The van der Waals surface area contributed by atoms with Crippen molar-refractivity contribution in [3.05, 3.63) is 22.7 Å². The second-order valence-electron chi connectivity index (χ2n) is 4.13. The van der Waals surface area contributed by atoms with Crippen molar-refractivity contribution < 1.29 is 13.9 Å². The first-order chi connectivity index (χ1) is 7.26. The first-order valence-corrected chi connectivity index (χ1v) is 5.39. The number of hydrogen-bond donors (Lipinski definition) is 1. The van der Waals surface area contributed by atoms with Crippen molar-refractivity contribution in [3.8, 4) is 0 Å². The molecule has 0 unspecified atom stereocenters. The minimum absolute atomic E-state index is 0.286. The Balaban J connectivity index is 2.70. The maximum absolute atomic E-state index is 12.9. The molecule has 0 radical (unpaired) electrons. The Labute approximate surface area is 101 Å². The molecule has 0 saturated heterocycles. The fraction of sp³-hybridized carbons (Fsp3) is 0.400. The Morgan fingerprint density at radius 3 is 2.62 bits per heavy atom. The second kappa shape index (κ2) is 4.78. The highest BCUT2D eigenvalue weighted by atomic mass is 79.9. The zero-order valence-corrected chi connectivity index (χ0v) is 10.8. The third kappa shape index (κ3) is 4.57. The highest BCUT2D eigenvalue weighted by molar-refractivity contribution is 9.10. The molecular formula is C10H12BrFN2O2. The van der Waals surface area contributed by atoms with E-state index >= 15 is 0 Å². The molecule has 0 atom stereocenters. The second-order valence-corrected chi connectivity index (χ2v) is 4.94. The standard InChI is InChI=1S/C10H12BrFN2O2/c1-10(2,3)16-9(15)13-6-4-7(11)14-8(12)5-6/h4-5H,1-3H3,(H,13,14,15). The van der Waals surface area contributed by atoms with Gasteiger partial charge in [-0.1, -0.05) is 0 Å². The molecule has 0 fully saturated rings. The highest BCUT2D eigenvalue weighted by Gasteiger charge is 2.16. The lowest BCUT2D eigenvalue weighted by atomic mass is 10.2. The number of anilines is 1. The van der Waals surface area contributed by atoms with Crippen LogP contribution in [0.3, 0.4) is 0 Å². The molecule has 1 aromatic rings. The van der Waals surface area contributed by atoms with Gasteiger partial charge in [0.2, 0.25) is 5.95 Å². The van der Waals surface area contributed by atoms with Gasteiger partial charge in [-0.3, -0.25) is 5.32 Å². The first kappa shape index (κ1) is 12.9. The van der Waals surface area contributed by atoms with E-state index in [9.17, 15) is 9.18 Å². The smallest absolute Gasteiger partial charge is 0.412 e. The van der Waals surface area contributed by atoms with E-state index in [2.05, 4.69) is 26.2 Å². The number of carbonyl (C=O) groups excluding carboxylic acids is 1. The number of amides is 1. The van der Waals surface area contributed by atoms with Crippen molar-refractivity contribution in [3.63, 3.8) is 0 Å². The lowest BCUT2D eigenvalue weighted by molar-refractivity contribution is 0.0636. The zero-order chi connectivity index (χ0) is 12.3. The van der Waals surface area contributed by atoms with Crippen LogP contribution >= 0.6 is 15.9 Å². The van der Waals surface area contributed by atoms with E-state index in [1.807, 2.05) is 0 Å². The van der Waals surface area contributed by atoms with E-state index in [0.717, 1.165) is 6.07 Å². The third-order valence-electron chi connectivity index (χ3n) is 1.41. The monoisotopic (exact) mass is 290 g/mol. The van der Waals surface area contributed by atoms with Crippen molar-refractivity contribution in [2.45, 2.75) is 26.4 Å². The zero-order valence-electron chi connectivity index (χ0n) is 9.17. The first-order valence-electron chi connectivity index (χ1n) is 4.59. The van der Waals surface area contributed by atoms with Gasteiger partial charge in [0.25, 0.3) is 0 Å². The van der Waals surface area contributed by atoms with Crippen LogP contribution in [-0.2, 0) is 4.74 Å². The predicted octanol–water partition coefficient (Wildman–Crippen LogP) is 3.33. The van der Waals surface area contributed by atoms with Gasteiger partial charge in [0.1, 0.15) is 10.2 Å². The minimum Gasteiger partial charge on any atom is -0.444 e. The van der Waals surface area contributed by atoms with E-state index in [1.54, 1.807) is 20.8 Å². The van der Waals surface area contributed by atoms with E-state index in [1.165, 1.54) is 6.07 Å². The van der Waals surface area contributed by atoms with E-state index in [4.69, 9.17) is 4.74 Å². The summed E-state index contributed by atoms with van der Waals surface area (Å²) in [7, 11) is 0. The minimum atomic E-state index is -0.680. The van der Waals surface area contributed by atoms with Gasteiger partial charge in [-0.15, -0.1) is 0 Å². The van der Waals surface area contributed by atoms with Crippen LogP contribution in [0.25, 0.3) is 0 Å². The Bertz CT molecular complexity index is 384. The fourth-order valence-electron chi connectivity index (χ4n) is 0.959. The Morgan fingerprint density at radius 1 is 1.50 bits per heavy atom. The Hall–Kier alpha value is -1.17. The van der Waals surface area contributed by atoms with Crippen LogP contribution in [-0.4, -0.2) is 16.7 Å². The number of nitrogens with zero attached hydrogens (tertiary/aromatic N) is 1. The molecule has 6 heteroatoms. The highest BCUT2D eigenvalue weighted by Crippen LogP contribution is 2.16. The van der Waals surface area contributed by atoms with Crippen LogP contribution in [0, 0.1) is 5.95 Å². The van der Waals surface area contributed by atoms with E-state index in [-0.39, 0.29) is 5.69 Å². The average Bonchev–Trinajstić information content (AvgIpc) is 1.96. The molecule has 1 amide bonds. The van der Waals surface area contributed by atoms with Crippen LogP contribution in [0.4, 0.5) is 14.9 Å². The van der Waals surface area contributed by atoms with Gasteiger partial charge in [-0.25, -0.2) is 9.78 Å². The quantitative estimate of drug-likeness (QED) is 0.807. The molecule has 0 aliphatic rings. The van der Waals surface area contributed by atoms with Crippen molar-refractivity contribution in [2.75, 3.05) is 5.32 Å². The maximum atomic E-state index is 12.9. The van der Waals surface area contributed by atoms with Crippen LogP contribution in [0.15, 0.2) is 16.7 Å². The average molecular weight is 291 g/mol. The molecule has 1 rings (SSSR count). The normalized spacial score (nSPS) is 11.1. The number of nitrogens with one attached hydrogen (secondary N) is 1. The predicted molar refractivity (Wildman–Crippen MR) is 61.8 cm³/mol. The van der Waals surface area contributed by atoms with E-state index in [0.29, 0.717) is 4.60 Å². The lowest BCUT2D eigenvalue weighted by Gasteiger charge is -2.19. The molecule has 88 valence electrons. The number of rotatable bonds is 1. The number of halogens is 2. The lowest BCUT2D eigenvalue weighted by Crippen LogP contribution is -2.27. The van der Waals surface area contributed by atoms with Gasteiger partial charge < -0.3 is 4.74 Å². The van der Waals surface area contributed by atoms with Crippen molar-refractivity contribution in [1.29, 1.82) is 0 Å². The van der Waals surface area contributed by atoms with Gasteiger partial charge in [-0.2, -0.15) is 4.39 Å². The summed E-state index contributed by atoms with van der Waals surface area (Å²) in [6, 6.07) is 2.58. The molecule has 1 aromatic heterocycles. The molecule has 16 heavy (non-hydrogen) atoms. The number of ether oxygens (including phenoxy) is 1. The van der Waals surface area contributed by atoms with Gasteiger partial charge >= 0.3 is 6.09 Å². The van der Waals surface area contributed by atoms with Gasteiger partial charge in [0, 0.05) is 6.07 Å². The van der Waals surface area contributed by atoms with Gasteiger partial charge in [0.15, 0.2) is 0 Å². The summed E-state index contributed by atoms with van der Waals surface area (Å²) in [5, 5.41) is 2.41. The summed E-state index contributed by atoms with van der Waals surface area (Å²) in [6.45, 7) is 5.24. The fourth-order valence-corrected chi connectivity index (χ4v) is 1.37. The maximum Gasteiger partial charge on any atom is 0.412 e. The van der Waals surface area contributed by atoms with Crippen molar-refractivity contribution >= 4 is 27.7 Å². The summed E-state index contributed by atoms with van der Waals surface area (Å²) in [5.74, 6) is -0.680. The number of hydrogen-bond acceptors (Lipinski definition) is 3. The topological polar surface area (TPSA) is 51.2 Å². The molecule has 4 nitrogen and oxygen atoms in total.